The monoisotopic (exact) mass is 425 g/mol. The third-order valence-electron chi connectivity index (χ3n) is 5.33. The quantitative estimate of drug-likeness (QED) is 0.369. The average molecular weight is 426 g/mol. The zero-order chi connectivity index (χ0) is 20.1. The van der Waals surface area contributed by atoms with Crippen LogP contribution in [0.25, 0.3) is 10.9 Å². The number of halogens is 1. The molecular formula is C23H28ClN5O. The molecular weight excluding hydrogens is 398 g/mol. The van der Waals surface area contributed by atoms with Crippen LogP contribution in [0.2, 0.25) is 0 Å². The Morgan fingerprint density at radius 3 is 2.53 bits per heavy atom. The number of nitrogens with two attached hydrogens (primary N) is 2. The van der Waals surface area contributed by atoms with Crippen molar-refractivity contribution < 1.29 is 4.74 Å². The van der Waals surface area contributed by atoms with Gasteiger partial charge in [-0.3, -0.25) is 4.98 Å². The molecule has 1 aliphatic rings. The Balaban J connectivity index is 0.00000256. The highest BCUT2D eigenvalue weighted by molar-refractivity contribution is 5.95. The summed E-state index contributed by atoms with van der Waals surface area (Å²) in [5, 5.41) is 4.41. The third kappa shape index (κ3) is 5.54. The highest BCUT2D eigenvalue weighted by atomic mass is 35.5. The summed E-state index contributed by atoms with van der Waals surface area (Å²) in [6.07, 6.45) is 8.40. The molecule has 3 aromatic rings. The first kappa shape index (κ1) is 21.7. The summed E-state index contributed by atoms with van der Waals surface area (Å²) < 4.78 is 6.00. The number of ether oxygens (including phenoxy) is 1. The van der Waals surface area contributed by atoms with E-state index in [2.05, 4.69) is 15.3 Å². The first-order valence-corrected chi connectivity index (χ1v) is 10.2. The number of pyridine rings is 1. The summed E-state index contributed by atoms with van der Waals surface area (Å²) >= 11 is 0. The number of nitrogens with zero attached hydrogens (tertiary/aromatic N) is 2. The lowest BCUT2D eigenvalue weighted by atomic mass is 9.90. The van der Waals surface area contributed by atoms with Gasteiger partial charge in [-0.15, -0.1) is 12.4 Å². The first-order valence-electron chi connectivity index (χ1n) is 10.2. The number of fused-ring (bicyclic) bond motifs is 1. The van der Waals surface area contributed by atoms with Crippen LogP contribution in [0.1, 0.15) is 32.1 Å². The van der Waals surface area contributed by atoms with Gasteiger partial charge in [-0.05, 0) is 67.3 Å². The van der Waals surface area contributed by atoms with Gasteiger partial charge in [0, 0.05) is 23.0 Å². The topological polar surface area (TPSA) is 98.6 Å². The van der Waals surface area contributed by atoms with Crippen molar-refractivity contribution in [1.82, 2.24) is 4.98 Å². The highest BCUT2D eigenvalue weighted by Gasteiger charge is 2.14. The molecule has 30 heavy (non-hydrogen) atoms. The summed E-state index contributed by atoms with van der Waals surface area (Å²) in [6.45, 7) is 0.815. The lowest BCUT2D eigenvalue weighted by Crippen LogP contribution is -2.21. The number of nitrogens with one attached hydrogen (secondary N) is 1. The lowest BCUT2D eigenvalue weighted by Gasteiger charge is -2.21. The van der Waals surface area contributed by atoms with E-state index in [9.17, 15) is 0 Å². The van der Waals surface area contributed by atoms with E-state index in [0.29, 0.717) is 11.6 Å². The third-order valence-corrected chi connectivity index (χ3v) is 5.33. The van der Waals surface area contributed by atoms with Gasteiger partial charge >= 0.3 is 0 Å². The van der Waals surface area contributed by atoms with Gasteiger partial charge in [-0.2, -0.15) is 0 Å². The number of aliphatic imine (C=N–C) groups is 1. The van der Waals surface area contributed by atoms with Gasteiger partial charge in [0.2, 0.25) is 0 Å². The second kappa shape index (κ2) is 10.2. The van der Waals surface area contributed by atoms with Crippen molar-refractivity contribution in [2.75, 3.05) is 11.9 Å². The maximum absolute atomic E-state index is 6.00. The molecule has 1 heterocycles. The van der Waals surface area contributed by atoms with Crippen LogP contribution in [0.3, 0.4) is 0 Å². The predicted octanol–water partition coefficient (Wildman–Crippen LogP) is 5.26. The minimum Gasteiger partial charge on any atom is -0.493 e. The van der Waals surface area contributed by atoms with Crippen LogP contribution in [0.15, 0.2) is 59.7 Å². The molecule has 6 nitrogen and oxygen atoms in total. The molecule has 158 valence electrons. The Hall–Kier alpha value is -2.99. The molecule has 1 fully saturated rings. The van der Waals surface area contributed by atoms with E-state index in [1.165, 1.54) is 32.1 Å². The van der Waals surface area contributed by atoms with Crippen molar-refractivity contribution >= 4 is 46.3 Å². The molecule has 0 unspecified atom stereocenters. The molecule has 1 saturated carbocycles. The summed E-state index contributed by atoms with van der Waals surface area (Å²) in [6, 6.07) is 15.7. The lowest BCUT2D eigenvalue weighted by molar-refractivity contribution is 0.209. The van der Waals surface area contributed by atoms with Crippen LogP contribution in [-0.4, -0.2) is 17.6 Å². The van der Waals surface area contributed by atoms with E-state index in [4.69, 9.17) is 16.2 Å². The van der Waals surface area contributed by atoms with Gasteiger partial charge in [-0.25, -0.2) is 4.99 Å². The van der Waals surface area contributed by atoms with Gasteiger partial charge in [-0.1, -0.05) is 19.3 Å². The summed E-state index contributed by atoms with van der Waals surface area (Å²) in [5.41, 5.74) is 14.5. The number of hydrogen-bond acceptors (Lipinski definition) is 4. The molecule has 0 aliphatic heterocycles. The molecule has 1 aliphatic carbocycles. The summed E-state index contributed by atoms with van der Waals surface area (Å²) in [7, 11) is 0. The van der Waals surface area contributed by atoms with E-state index >= 15 is 0 Å². The fourth-order valence-corrected chi connectivity index (χ4v) is 3.82. The number of anilines is 2. The van der Waals surface area contributed by atoms with Crippen molar-refractivity contribution in [3.8, 4) is 5.75 Å². The molecule has 1 aromatic heterocycles. The van der Waals surface area contributed by atoms with E-state index < -0.39 is 0 Å². The predicted molar refractivity (Wildman–Crippen MR) is 126 cm³/mol. The molecule has 0 amide bonds. The summed E-state index contributed by atoms with van der Waals surface area (Å²) in [5.74, 6) is 1.64. The zero-order valence-corrected chi connectivity index (χ0v) is 17.7. The standard InChI is InChI=1S/C23H27N5O.ClH/c24-23(25)28-18-8-11-21-20(14-18)22(12-13-26-21)27-17-6-9-19(10-7-17)29-15-16-4-2-1-3-5-16;/h6-14,16H,1-5,15H2,(H,26,27)(H4,24,25,28);1H. The Morgan fingerprint density at radius 2 is 1.80 bits per heavy atom. The van der Waals surface area contributed by atoms with Crippen molar-refractivity contribution in [1.29, 1.82) is 0 Å². The van der Waals surface area contributed by atoms with Crippen molar-refractivity contribution in [3.05, 3.63) is 54.7 Å². The minimum atomic E-state index is 0. The number of aromatic nitrogens is 1. The fraction of sp³-hybridized carbons (Fsp3) is 0.304. The first-order chi connectivity index (χ1) is 14.2. The molecule has 5 N–H and O–H groups in total. The SMILES string of the molecule is Cl.NC(N)=Nc1ccc2nccc(Nc3ccc(OCC4CCCCC4)cc3)c2c1. The zero-order valence-electron chi connectivity index (χ0n) is 16.9. The second-order valence-electron chi connectivity index (χ2n) is 7.56. The normalized spacial score (nSPS) is 14.0. The molecule has 7 heteroatoms. The molecule has 4 rings (SSSR count). The van der Waals surface area contributed by atoms with Crippen LogP contribution in [0.4, 0.5) is 17.1 Å². The van der Waals surface area contributed by atoms with Gasteiger partial charge in [0.25, 0.3) is 0 Å². The average Bonchev–Trinajstić information content (AvgIpc) is 2.74. The molecule has 0 radical (unpaired) electrons. The van der Waals surface area contributed by atoms with Crippen LogP contribution in [-0.2, 0) is 0 Å². The van der Waals surface area contributed by atoms with E-state index in [1.54, 1.807) is 6.20 Å². The van der Waals surface area contributed by atoms with E-state index in [0.717, 1.165) is 34.6 Å². The van der Waals surface area contributed by atoms with Gasteiger partial charge < -0.3 is 21.5 Å². The maximum Gasteiger partial charge on any atom is 0.191 e. The molecule has 2 aromatic carbocycles. The summed E-state index contributed by atoms with van der Waals surface area (Å²) in [4.78, 5) is 8.54. The van der Waals surface area contributed by atoms with Crippen LogP contribution < -0.4 is 21.5 Å². The molecule has 0 bridgehead atoms. The largest absolute Gasteiger partial charge is 0.493 e. The van der Waals surface area contributed by atoms with E-state index in [-0.39, 0.29) is 18.4 Å². The van der Waals surface area contributed by atoms with E-state index in [1.807, 2.05) is 48.5 Å². The van der Waals surface area contributed by atoms with Crippen molar-refractivity contribution in [2.45, 2.75) is 32.1 Å². The number of hydrogen-bond donors (Lipinski definition) is 3. The van der Waals surface area contributed by atoms with Crippen LogP contribution in [0, 0.1) is 5.92 Å². The molecule has 0 atom stereocenters. The Bertz CT molecular complexity index is 996. The number of benzene rings is 2. The Kier molecular flexibility index (Phi) is 7.36. The van der Waals surface area contributed by atoms with Crippen LogP contribution >= 0.6 is 12.4 Å². The smallest absolute Gasteiger partial charge is 0.191 e. The number of guanidine groups is 1. The molecule has 0 saturated heterocycles. The number of rotatable bonds is 6. The second-order valence-corrected chi connectivity index (χ2v) is 7.56. The van der Waals surface area contributed by atoms with Crippen molar-refractivity contribution in [3.63, 3.8) is 0 Å². The Morgan fingerprint density at radius 1 is 1.03 bits per heavy atom. The Labute approximate surface area is 183 Å². The minimum absolute atomic E-state index is 0. The van der Waals surface area contributed by atoms with Crippen molar-refractivity contribution in [2.24, 2.45) is 22.4 Å². The highest BCUT2D eigenvalue weighted by Crippen LogP contribution is 2.30. The maximum atomic E-state index is 6.00. The van der Waals surface area contributed by atoms with Gasteiger partial charge in [0.15, 0.2) is 5.96 Å². The molecule has 0 spiro atoms. The fourth-order valence-electron chi connectivity index (χ4n) is 3.82. The van der Waals surface area contributed by atoms with Gasteiger partial charge in [0.1, 0.15) is 5.75 Å². The van der Waals surface area contributed by atoms with Gasteiger partial charge in [0.05, 0.1) is 17.8 Å². The van der Waals surface area contributed by atoms with Crippen LogP contribution in [0.5, 0.6) is 5.75 Å².